The molecule has 3 aromatic carbocycles. The SMILES string of the molecule is CCCOc1ccc(C(=O)Nc2cc(-c3nc4cc(Cl)ccc4o3)ccc2Cl)cc1. The van der Waals surface area contributed by atoms with Crippen LogP contribution in [0.15, 0.2) is 65.1 Å². The monoisotopic (exact) mass is 440 g/mol. The average molecular weight is 441 g/mol. The van der Waals surface area contributed by atoms with E-state index in [1.54, 1.807) is 60.7 Å². The van der Waals surface area contributed by atoms with E-state index in [4.69, 9.17) is 32.4 Å². The Balaban J connectivity index is 1.56. The first-order chi connectivity index (χ1) is 14.5. The van der Waals surface area contributed by atoms with Gasteiger partial charge in [0.25, 0.3) is 5.91 Å². The van der Waals surface area contributed by atoms with Crippen molar-refractivity contribution in [1.82, 2.24) is 4.98 Å². The highest BCUT2D eigenvalue weighted by molar-refractivity contribution is 6.34. The summed E-state index contributed by atoms with van der Waals surface area (Å²) in [4.78, 5) is 17.1. The largest absolute Gasteiger partial charge is 0.494 e. The number of rotatable bonds is 6. The molecular weight excluding hydrogens is 423 g/mol. The first-order valence-electron chi connectivity index (χ1n) is 9.43. The second-order valence-corrected chi connectivity index (χ2v) is 7.50. The molecule has 1 N–H and O–H groups in total. The normalized spacial score (nSPS) is 10.9. The summed E-state index contributed by atoms with van der Waals surface area (Å²) >= 11 is 12.3. The van der Waals surface area contributed by atoms with Crippen molar-refractivity contribution in [1.29, 1.82) is 0 Å². The van der Waals surface area contributed by atoms with Crippen LogP contribution >= 0.6 is 23.2 Å². The molecule has 0 aliphatic heterocycles. The Bertz CT molecular complexity index is 1200. The molecule has 4 aromatic rings. The van der Waals surface area contributed by atoms with Crippen LogP contribution in [0, 0.1) is 0 Å². The zero-order valence-corrected chi connectivity index (χ0v) is 17.6. The Morgan fingerprint density at radius 1 is 1.07 bits per heavy atom. The molecule has 0 bridgehead atoms. The number of carbonyl (C=O) groups is 1. The van der Waals surface area contributed by atoms with Gasteiger partial charge in [-0.3, -0.25) is 4.79 Å². The van der Waals surface area contributed by atoms with Crippen LogP contribution in [0.5, 0.6) is 5.75 Å². The molecule has 1 heterocycles. The van der Waals surface area contributed by atoms with E-state index in [0.717, 1.165) is 12.2 Å². The second kappa shape index (κ2) is 8.78. The quantitative estimate of drug-likeness (QED) is 0.356. The Morgan fingerprint density at radius 3 is 2.63 bits per heavy atom. The number of hydrogen-bond acceptors (Lipinski definition) is 4. The predicted molar refractivity (Wildman–Crippen MR) is 120 cm³/mol. The molecule has 1 amide bonds. The third-order valence-corrected chi connectivity index (χ3v) is 4.97. The van der Waals surface area contributed by atoms with Gasteiger partial charge in [0.1, 0.15) is 11.3 Å². The topological polar surface area (TPSA) is 64.4 Å². The van der Waals surface area contributed by atoms with Crippen molar-refractivity contribution in [2.45, 2.75) is 13.3 Å². The van der Waals surface area contributed by atoms with Gasteiger partial charge < -0.3 is 14.5 Å². The van der Waals surface area contributed by atoms with Crippen molar-refractivity contribution in [3.63, 3.8) is 0 Å². The maximum Gasteiger partial charge on any atom is 0.255 e. The average Bonchev–Trinajstić information content (AvgIpc) is 3.17. The molecule has 0 atom stereocenters. The summed E-state index contributed by atoms with van der Waals surface area (Å²) in [6, 6.07) is 17.4. The van der Waals surface area contributed by atoms with Crippen LogP contribution in [0.3, 0.4) is 0 Å². The van der Waals surface area contributed by atoms with Crippen LogP contribution in [0.25, 0.3) is 22.6 Å². The van der Waals surface area contributed by atoms with Crippen LogP contribution in [0.2, 0.25) is 10.0 Å². The van der Waals surface area contributed by atoms with E-state index < -0.39 is 0 Å². The number of nitrogens with one attached hydrogen (secondary N) is 1. The zero-order chi connectivity index (χ0) is 21.1. The molecule has 0 fully saturated rings. The van der Waals surface area contributed by atoms with Crippen LogP contribution in [0.1, 0.15) is 23.7 Å². The van der Waals surface area contributed by atoms with E-state index in [0.29, 0.717) is 50.5 Å². The number of ether oxygens (including phenoxy) is 1. The summed E-state index contributed by atoms with van der Waals surface area (Å²) < 4.78 is 11.3. The number of amides is 1. The minimum absolute atomic E-state index is 0.277. The van der Waals surface area contributed by atoms with Crippen molar-refractivity contribution in [3.8, 4) is 17.2 Å². The lowest BCUT2D eigenvalue weighted by Crippen LogP contribution is -2.12. The first-order valence-corrected chi connectivity index (χ1v) is 10.2. The van der Waals surface area contributed by atoms with Gasteiger partial charge in [-0.1, -0.05) is 30.1 Å². The molecule has 0 spiro atoms. The Labute approximate surface area is 183 Å². The molecule has 0 saturated heterocycles. The van der Waals surface area contributed by atoms with E-state index in [-0.39, 0.29) is 5.91 Å². The molecule has 0 radical (unpaired) electrons. The maximum atomic E-state index is 12.7. The van der Waals surface area contributed by atoms with Crippen LogP contribution < -0.4 is 10.1 Å². The molecule has 7 heteroatoms. The van der Waals surface area contributed by atoms with Crippen molar-refractivity contribution in [2.75, 3.05) is 11.9 Å². The number of anilines is 1. The van der Waals surface area contributed by atoms with Gasteiger partial charge in [-0.05, 0) is 67.1 Å². The van der Waals surface area contributed by atoms with Crippen molar-refractivity contribution >= 4 is 45.9 Å². The van der Waals surface area contributed by atoms with Gasteiger partial charge in [0.2, 0.25) is 5.89 Å². The van der Waals surface area contributed by atoms with Gasteiger partial charge in [0, 0.05) is 16.1 Å². The van der Waals surface area contributed by atoms with Crippen molar-refractivity contribution in [3.05, 3.63) is 76.3 Å². The smallest absolute Gasteiger partial charge is 0.255 e. The number of carbonyl (C=O) groups excluding carboxylic acids is 1. The van der Waals surface area contributed by atoms with Gasteiger partial charge in [0.15, 0.2) is 5.58 Å². The zero-order valence-electron chi connectivity index (χ0n) is 16.1. The Morgan fingerprint density at radius 2 is 1.87 bits per heavy atom. The highest BCUT2D eigenvalue weighted by Crippen LogP contribution is 2.31. The summed E-state index contributed by atoms with van der Waals surface area (Å²) in [5.41, 5.74) is 2.93. The number of aromatic nitrogens is 1. The molecule has 0 aliphatic rings. The van der Waals surface area contributed by atoms with E-state index >= 15 is 0 Å². The highest BCUT2D eigenvalue weighted by atomic mass is 35.5. The summed E-state index contributed by atoms with van der Waals surface area (Å²) in [5, 5.41) is 3.83. The third-order valence-electron chi connectivity index (χ3n) is 4.40. The lowest BCUT2D eigenvalue weighted by atomic mass is 10.1. The highest BCUT2D eigenvalue weighted by Gasteiger charge is 2.13. The van der Waals surface area contributed by atoms with Gasteiger partial charge in [0.05, 0.1) is 17.3 Å². The molecule has 1 aromatic heterocycles. The summed E-state index contributed by atoms with van der Waals surface area (Å²) in [5.74, 6) is 0.863. The van der Waals surface area contributed by atoms with E-state index in [1.807, 2.05) is 6.92 Å². The number of benzene rings is 3. The number of fused-ring (bicyclic) bond motifs is 1. The van der Waals surface area contributed by atoms with E-state index in [1.165, 1.54) is 0 Å². The van der Waals surface area contributed by atoms with E-state index in [9.17, 15) is 4.79 Å². The molecule has 152 valence electrons. The molecule has 0 unspecified atom stereocenters. The van der Waals surface area contributed by atoms with Gasteiger partial charge in [-0.15, -0.1) is 0 Å². The lowest BCUT2D eigenvalue weighted by molar-refractivity contribution is 0.102. The number of halogens is 2. The molecular formula is C23H18Cl2N2O3. The Kier molecular flexibility index (Phi) is 5.93. The van der Waals surface area contributed by atoms with Crippen molar-refractivity contribution in [2.24, 2.45) is 0 Å². The molecule has 0 saturated carbocycles. The molecule has 4 rings (SSSR count). The van der Waals surface area contributed by atoms with E-state index in [2.05, 4.69) is 10.3 Å². The van der Waals surface area contributed by atoms with Gasteiger partial charge >= 0.3 is 0 Å². The van der Waals surface area contributed by atoms with Crippen LogP contribution in [-0.2, 0) is 0 Å². The fraction of sp³-hybridized carbons (Fsp3) is 0.130. The predicted octanol–water partition coefficient (Wildman–Crippen LogP) is 6.84. The first kappa shape index (κ1) is 20.3. The minimum atomic E-state index is -0.277. The van der Waals surface area contributed by atoms with Gasteiger partial charge in [-0.25, -0.2) is 4.98 Å². The maximum absolute atomic E-state index is 12.7. The third kappa shape index (κ3) is 4.42. The summed E-state index contributed by atoms with van der Waals surface area (Å²) in [6.45, 7) is 2.67. The van der Waals surface area contributed by atoms with Crippen molar-refractivity contribution < 1.29 is 13.9 Å². The van der Waals surface area contributed by atoms with Crippen LogP contribution in [-0.4, -0.2) is 17.5 Å². The fourth-order valence-corrected chi connectivity index (χ4v) is 3.23. The lowest BCUT2D eigenvalue weighted by Gasteiger charge is -2.09. The Hall–Kier alpha value is -3.02. The van der Waals surface area contributed by atoms with Gasteiger partial charge in [-0.2, -0.15) is 0 Å². The number of hydrogen-bond donors (Lipinski definition) is 1. The summed E-state index contributed by atoms with van der Waals surface area (Å²) in [7, 11) is 0. The second-order valence-electron chi connectivity index (χ2n) is 6.65. The minimum Gasteiger partial charge on any atom is -0.494 e. The molecule has 30 heavy (non-hydrogen) atoms. The number of oxazole rings is 1. The summed E-state index contributed by atoms with van der Waals surface area (Å²) in [6.07, 6.45) is 0.921. The standard InChI is InChI=1S/C23H18Cl2N2O3/c1-2-11-29-17-7-3-14(4-8-17)22(28)26-19-12-15(5-9-18(19)25)23-27-20-13-16(24)6-10-21(20)30-23/h3-10,12-13H,2,11H2,1H3,(H,26,28). The molecule has 0 aliphatic carbocycles. The molecule has 5 nitrogen and oxygen atoms in total. The van der Waals surface area contributed by atoms with Crippen LogP contribution in [0.4, 0.5) is 5.69 Å². The fourth-order valence-electron chi connectivity index (χ4n) is 2.90. The number of nitrogens with zero attached hydrogens (tertiary/aromatic N) is 1.